The van der Waals surface area contributed by atoms with Gasteiger partial charge in [-0.25, -0.2) is 5.21 Å². The van der Waals surface area contributed by atoms with E-state index in [0.717, 1.165) is 17.5 Å². The Hall–Kier alpha value is -1.67. The zero-order valence-corrected chi connectivity index (χ0v) is 17.5. The smallest absolute Gasteiger partial charge is 0.259 e. The molecule has 0 aliphatic rings. The minimum Gasteiger partial charge on any atom is -0.489 e. The van der Waals surface area contributed by atoms with E-state index >= 15 is 0 Å². The van der Waals surface area contributed by atoms with Crippen molar-refractivity contribution in [2.75, 3.05) is 26.5 Å². The first-order valence-electron chi connectivity index (χ1n) is 8.27. The highest BCUT2D eigenvalue weighted by Gasteiger charge is 2.14. The number of hydrogen-bond acceptors (Lipinski definition) is 5. The van der Waals surface area contributed by atoms with Gasteiger partial charge < -0.3 is 9.64 Å². The fourth-order valence-electron chi connectivity index (χ4n) is 2.06. The predicted molar refractivity (Wildman–Crippen MR) is 114 cm³/mol. The number of nitrogens with zero attached hydrogens (tertiary/aromatic N) is 1. The maximum Gasteiger partial charge on any atom is 0.259 e. The minimum absolute atomic E-state index is 0.00119. The molecule has 0 heterocycles. The number of ether oxygens (including phenoxy) is 1. The van der Waals surface area contributed by atoms with Crippen molar-refractivity contribution in [3.05, 3.63) is 46.9 Å². The standard InChI is InChI=1S/C18H26N2O3S.CH2S/c1-5-9-16(14-10-7-8-11-15(14)19-22)23-13-12-17(24-4)18(21)20(3)6-2;1-2/h7-12,19,22H,5-6,13H2,1-4H3;1H2/p+1/b16-9-,17-12-;. The molecule has 0 radical (unpaired) electrons. The summed E-state index contributed by atoms with van der Waals surface area (Å²) < 4.78 is 5.88. The summed E-state index contributed by atoms with van der Waals surface area (Å²) in [6.07, 6.45) is 6.46. The molecule has 1 aromatic rings. The third kappa shape index (κ3) is 7.70. The molecule has 0 atom stereocenters. The lowest BCUT2D eigenvalue weighted by Crippen LogP contribution is -2.74. The van der Waals surface area contributed by atoms with Gasteiger partial charge in [-0.2, -0.15) is 5.48 Å². The molecule has 0 spiro atoms. The van der Waals surface area contributed by atoms with Crippen LogP contribution in [0.25, 0.3) is 5.76 Å². The lowest BCUT2D eigenvalue weighted by molar-refractivity contribution is -0.825. The third-order valence-electron chi connectivity index (χ3n) is 3.51. The zero-order chi connectivity index (χ0) is 19.9. The number of thioether (sulfide) groups is 1. The van der Waals surface area contributed by atoms with E-state index in [1.807, 2.05) is 50.4 Å². The number of benzene rings is 1. The average molecular weight is 398 g/mol. The number of quaternary nitrogens is 1. The number of hydrogen-bond donors (Lipinski definition) is 2. The SMILES string of the molecule is C=S.CC/C=C(\OC/C=C(\SC)C(=O)N(C)CC)c1ccccc1[NH2+]O. The molecule has 1 rings (SSSR count). The van der Waals surface area contributed by atoms with Gasteiger partial charge in [-0.1, -0.05) is 31.3 Å². The summed E-state index contributed by atoms with van der Waals surface area (Å²) in [7, 11) is 1.78. The molecule has 0 saturated carbocycles. The van der Waals surface area contributed by atoms with Gasteiger partial charge in [0.05, 0.1) is 10.5 Å². The zero-order valence-electron chi connectivity index (χ0n) is 15.9. The van der Waals surface area contributed by atoms with Gasteiger partial charge in [0.2, 0.25) is 0 Å². The normalized spacial score (nSPS) is 11.4. The summed E-state index contributed by atoms with van der Waals surface area (Å²) in [5, 5.41) is 9.38. The summed E-state index contributed by atoms with van der Waals surface area (Å²) >= 11 is 5.25. The van der Waals surface area contributed by atoms with Crippen LogP contribution in [-0.2, 0) is 9.53 Å². The molecule has 144 valence electrons. The lowest BCUT2D eigenvalue weighted by Gasteiger charge is -2.16. The first kappa shape index (κ1) is 24.3. The average Bonchev–Trinajstić information content (AvgIpc) is 2.70. The summed E-state index contributed by atoms with van der Waals surface area (Å²) in [4.78, 5) is 14.5. The largest absolute Gasteiger partial charge is 0.489 e. The molecule has 7 heteroatoms. The molecule has 3 N–H and O–H groups in total. The second-order valence-electron chi connectivity index (χ2n) is 5.10. The highest BCUT2D eigenvalue weighted by molar-refractivity contribution is 8.03. The second-order valence-corrected chi connectivity index (χ2v) is 5.94. The number of amides is 1. The molecule has 26 heavy (non-hydrogen) atoms. The highest BCUT2D eigenvalue weighted by atomic mass is 32.2. The van der Waals surface area contributed by atoms with Crippen LogP contribution in [0.5, 0.6) is 0 Å². The van der Waals surface area contributed by atoms with Gasteiger partial charge in [-0.3, -0.25) is 4.79 Å². The number of thiocarbonyl (C=S) groups is 1. The molecule has 0 unspecified atom stereocenters. The highest BCUT2D eigenvalue weighted by Crippen LogP contribution is 2.23. The van der Waals surface area contributed by atoms with Crippen LogP contribution in [0, 0.1) is 0 Å². The van der Waals surface area contributed by atoms with E-state index in [0.29, 0.717) is 29.5 Å². The van der Waals surface area contributed by atoms with Crippen molar-refractivity contribution in [3.8, 4) is 0 Å². The second kappa shape index (κ2) is 14.5. The molecule has 1 amide bonds. The first-order valence-corrected chi connectivity index (χ1v) is 10.1. The number of carbonyl (C=O) groups is 1. The van der Waals surface area contributed by atoms with Crippen molar-refractivity contribution in [2.24, 2.45) is 0 Å². The molecule has 0 bridgehead atoms. The van der Waals surface area contributed by atoms with E-state index in [2.05, 4.69) is 18.1 Å². The Balaban J connectivity index is 0.00000301. The molecule has 5 nitrogen and oxygen atoms in total. The molecule has 0 saturated heterocycles. The van der Waals surface area contributed by atoms with Gasteiger partial charge in [0, 0.05) is 19.7 Å². The minimum atomic E-state index is -0.00119. The molecular weight excluding hydrogens is 368 g/mol. The maximum atomic E-state index is 12.2. The van der Waals surface area contributed by atoms with Crippen LogP contribution < -0.4 is 5.48 Å². The Bertz CT molecular complexity index is 619. The van der Waals surface area contributed by atoms with Crippen molar-refractivity contribution >= 4 is 47.2 Å². The van der Waals surface area contributed by atoms with Gasteiger partial charge in [-0.15, -0.1) is 11.8 Å². The third-order valence-corrected chi connectivity index (χ3v) is 4.30. The van der Waals surface area contributed by atoms with Crippen LogP contribution in [0.1, 0.15) is 25.8 Å². The van der Waals surface area contributed by atoms with Crippen molar-refractivity contribution in [1.29, 1.82) is 0 Å². The van der Waals surface area contributed by atoms with Gasteiger partial charge in [0.1, 0.15) is 12.4 Å². The van der Waals surface area contributed by atoms with Crippen LogP contribution in [0.15, 0.2) is 41.3 Å². The van der Waals surface area contributed by atoms with Crippen molar-refractivity contribution < 1.29 is 20.2 Å². The van der Waals surface area contributed by atoms with E-state index in [4.69, 9.17) is 4.74 Å². The van der Waals surface area contributed by atoms with Crippen molar-refractivity contribution in [2.45, 2.75) is 20.3 Å². The monoisotopic (exact) mass is 397 g/mol. The molecule has 0 aromatic heterocycles. The molecule has 1 aromatic carbocycles. The van der Waals surface area contributed by atoms with Gasteiger partial charge in [0.25, 0.3) is 5.91 Å². The number of nitrogens with two attached hydrogens (primary N) is 1. The van der Waals surface area contributed by atoms with Crippen LogP contribution in [0.2, 0.25) is 0 Å². The van der Waals surface area contributed by atoms with Crippen LogP contribution in [0.3, 0.4) is 0 Å². The van der Waals surface area contributed by atoms with Crippen LogP contribution in [-0.4, -0.2) is 48.3 Å². The maximum absolute atomic E-state index is 12.2. The molecule has 0 fully saturated rings. The van der Waals surface area contributed by atoms with Gasteiger partial charge in [-0.05, 0) is 43.7 Å². The summed E-state index contributed by atoms with van der Waals surface area (Å²) in [6.45, 7) is 4.93. The lowest BCUT2D eigenvalue weighted by atomic mass is 10.1. The first-order chi connectivity index (χ1) is 12.6. The van der Waals surface area contributed by atoms with E-state index in [9.17, 15) is 10.0 Å². The van der Waals surface area contributed by atoms with Crippen LogP contribution >= 0.6 is 24.0 Å². The van der Waals surface area contributed by atoms with Gasteiger partial charge >= 0.3 is 0 Å². The van der Waals surface area contributed by atoms with Gasteiger partial charge in [0.15, 0.2) is 5.69 Å². The number of rotatable bonds is 9. The van der Waals surface area contributed by atoms with E-state index in [-0.39, 0.29) is 5.91 Å². The number of para-hydroxylation sites is 1. The summed E-state index contributed by atoms with van der Waals surface area (Å²) in [5.74, 6) is 3.53. The fourth-order valence-corrected chi connectivity index (χ4v) is 2.63. The van der Waals surface area contributed by atoms with E-state index in [1.54, 1.807) is 18.0 Å². The van der Waals surface area contributed by atoms with E-state index < -0.39 is 0 Å². The Kier molecular flexibility index (Phi) is 13.6. The molecular formula is C19H29N2O3S2+. The Labute approximate surface area is 166 Å². The summed E-state index contributed by atoms with van der Waals surface area (Å²) in [6, 6.07) is 7.49. The predicted octanol–water partition coefficient (Wildman–Crippen LogP) is 3.38. The van der Waals surface area contributed by atoms with Crippen molar-refractivity contribution in [3.63, 3.8) is 0 Å². The number of likely N-dealkylation sites (N-methyl/N-ethyl adjacent to an activating group) is 1. The Morgan fingerprint density at radius 3 is 2.54 bits per heavy atom. The van der Waals surface area contributed by atoms with Crippen molar-refractivity contribution in [1.82, 2.24) is 4.90 Å². The Morgan fingerprint density at radius 2 is 2.00 bits per heavy atom. The van der Waals surface area contributed by atoms with Crippen LogP contribution in [0.4, 0.5) is 5.69 Å². The fraction of sp³-hybridized carbons (Fsp3) is 0.368. The molecule has 0 aliphatic heterocycles. The number of carbonyl (C=O) groups excluding carboxylic acids is 1. The molecule has 0 aliphatic carbocycles. The quantitative estimate of drug-likeness (QED) is 0.220. The summed E-state index contributed by atoms with van der Waals surface area (Å²) in [5.41, 5.74) is 2.61. The topological polar surface area (TPSA) is 66.4 Å². The van der Waals surface area contributed by atoms with E-state index in [1.165, 1.54) is 11.8 Å². The Morgan fingerprint density at radius 1 is 1.35 bits per heavy atom. The number of allylic oxidation sites excluding steroid dienone is 1.